The van der Waals surface area contributed by atoms with Gasteiger partial charge in [0.2, 0.25) is 5.91 Å². The molecule has 0 spiro atoms. The van der Waals surface area contributed by atoms with Crippen molar-refractivity contribution in [3.05, 3.63) is 91.7 Å². The van der Waals surface area contributed by atoms with Crippen molar-refractivity contribution >= 4 is 34.6 Å². The van der Waals surface area contributed by atoms with Crippen molar-refractivity contribution in [3.63, 3.8) is 0 Å². The molecule has 3 rings (SSSR count). The molecule has 11 heteroatoms. The Bertz CT molecular complexity index is 1430. The lowest BCUT2D eigenvalue weighted by atomic mass is 10.1. The number of methoxy groups -OCH3 is 1. The van der Waals surface area contributed by atoms with Crippen LogP contribution in [0.1, 0.15) is 26.3 Å². The van der Waals surface area contributed by atoms with Gasteiger partial charge in [-0.2, -0.15) is 5.10 Å². The van der Waals surface area contributed by atoms with Crippen molar-refractivity contribution in [2.24, 2.45) is 0 Å². The number of amides is 1. The maximum Gasteiger partial charge on any atom is 0.247 e. The number of ether oxygens (including phenoxy) is 1. The lowest BCUT2D eigenvalue weighted by Crippen LogP contribution is -2.33. The quantitative estimate of drug-likeness (QED) is 0.142. The SMILES string of the molecule is C=CC(=O)Nc1cc(Nc2cc(N/C(C=C)=C(/C=C\C)n3cccn3)ncn2)c(OC)cc1CN(C)CCN(CC)CC. The minimum atomic E-state index is -0.297. The van der Waals surface area contributed by atoms with E-state index in [1.807, 2.05) is 43.5 Å². The summed E-state index contributed by atoms with van der Waals surface area (Å²) in [6.45, 7) is 18.3. The van der Waals surface area contributed by atoms with Crippen molar-refractivity contribution < 1.29 is 9.53 Å². The van der Waals surface area contributed by atoms with Crippen LogP contribution in [0.2, 0.25) is 0 Å². The lowest BCUT2D eigenvalue weighted by molar-refractivity contribution is -0.111. The summed E-state index contributed by atoms with van der Waals surface area (Å²) in [5, 5.41) is 13.9. The van der Waals surface area contributed by atoms with E-state index in [9.17, 15) is 4.79 Å². The summed E-state index contributed by atoms with van der Waals surface area (Å²) in [7, 11) is 3.68. The molecule has 3 N–H and O–H groups in total. The van der Waals surface area contributed by atoms with Crippen molar-refractivity contribution in [1.82, 2.24) is 29.5 Å². The van der Waals surface area contributed by atoms with Gasteiger partial charge in [0.1, 0.15) is 23.7 Å². The fourth-order valence-corrected chi connectivity index (χ4v) is 4.39. The first-order valence-corrected chi connectivity index (χ1v) is 14.3. The van der Waals surface area contributed by atoms with Crippen LogP contribution in [0, 0.1) is 0 Å². The summed E-state index contributed by atoms with van der Waals surface area (Å²) in [4.78, 5) is 25.7. The number of anilines is 4. The van der Waals surface area contributed by atoms with E-state index in [4.69, 9.17) is 4.74 Å². The third-order valence-corrected chi connectivity index (χ3v) is 6.75. The second kappa shape index (κ2) is 16.6. The summed E-state index contributed by atoms with van der Waals surface area (Å²) in [6.07, 6.45) is 11.9. The minimum absolute atomic E-state index is 0.297. The number of hydrogen-bond acceptors (Lipinski definition) is 9. The highest BCUT2D eigenvalue weighted by Crippen LogP contribution is 2.34. The highest BCUT2D eigenvalue weighted by atomic mass is 16.5. The number of carbonyl (C=O) groups excluding carboxylic acids is 1. The number of nitrogens with one attached hydrogen (secondary N) is 3. The van der Waals surface area contributed by atoms with Crippen LogP contribution < -0.4 is 20.7 Å². The van der Waals surface area contributed by atoms with Gasteiger partial charge in [-0.25, -0.2) is 14.6 Å². The van der Waals surface area contributed by atoms with Crippen LogP contribution in [-0.4, -0.2) is 75.8 Å². The van der Waals surface area contributed by atoms with Crippen molar-refractivity contribution in [2.75, 3.05) is 56.3 Å². The van der Waals surface area contributed by atoms with Gasteiger partial charge in [0, 0.05) is 43.8 Å². The van der Waals surface area contributed by atoms with Gasteiger partial charge in [-0.15, -0.1) is 0 Å². The van der Waals surface area contributed by atoms with E-state index in [1.54, 1.807) is 30.1 Å². The standard InChI is InChI=1S/C32H43N9O2/c1-8-14-28(41-16-13-15-35-41)25(9-2)36-30-21-31(34-23-33-30)37-27-20-26(38-32(42)10-3)24(19-29(27)43-7)22-39(6)17-18-40(11-4)12-5/h8-10,13-16,19-21,23H,2-3,11-12,17-18,22H2,1,4-7H3,(H,38,42)(H2,33,34,36,37)/b14-8-,28-25-. The number of likely N-dealkylation sites (N-methyl/N-ethyl adjacent to an activating group) is 2. The zero-order valence-corrected chi connectivity index (χ0v) is 25.8. The zero-order valence-electron chi connectivity index (χ0n) is 25.8. The molecule has 1 amide bonds. The van der Waals surface area contributed by atoms with Gasteiger partial charge in [0.05, 0.1) is 24.2 Å². The first-order valence-electron chi connectivity index (χ1n) is 14.3. The van der Waals surface area contributed by atoms with Crippen molar-refractivity contribution in [3.8, 4) is 5.75 Å². The molecule has 0 aliphatic heterocycles. The molecule has 1 aromatic carbocycles. The van der Waals surface area contributed by atoms with Gasteiger partial charge in [0.25, 0.3) is 0 Å². The normalized spacial score (nSPS) is 11.9. The van der Waals surface area contributed by atoms with Gasteiger partial charge in [-0.05, 0) is 69.1 Å². The zero-order chi connectivity index (χ0) is 31.2. The summed E-state index contributed by atoms with van der Waals surface area (Å²) in [5.74, 6) is 1.38. The first-order chi connectivity index (χ1) is 20.8. The number of hydrogen-bond donors (Lipinski definition) is 3. The van der Waals surface area contributed by atoms with E-state index < -0.39 is 0 Å². The number of carbonyl (C=O) groups is 1. The first kappa shape index (κ1) is 32.8. The number of rotatable bonds is 17. The molecule has 0 radical (unpaired) electrons. The van der Waals surface area contributed by atoms with E-state index in [0.29, 0.717) is 41.0 Å². The van der Waals surface area contributed by atoms with Crippen LogP contribution in [-0.2, 0) is 11.3 Å². The Labute approximate surface area is 254 Å². The minimum Gasteiger partial charge on any atom is -0.495 e. The fourth-order valence-electron chi connectivity index (χ4n) is 4.39. The lowest BCUT2D eigenvalue weighted by Gasteiger charge is -2.24. The van der Waals surface area contributed by atoms with E-state index in [-0.39, 0.29) is 5.91 Å². The average molecular weight is 586 g/mol. The molecular formula is C32H43N9O2. The number of allylic oxidation sites excluding steroid dienone is 4. The van der Waals surface area contributed by atoms with Gasteiger partial charge in [-0.1, -0.05) is 33.1 Å². The molecule has 228 valence electrons. The molecule has 0 aliphatic carbocycles. The van der Waals surface area contributed by atoms with Gasteiger partial charge < -0.3 is 30.5 Å². The van der Waals surface area contributed by atoms with E-state index in [2.05, 4.69) is 74.9 Å². The Morgan fingerprint density at radius 1 is 1.05 bits per heavy atom. The van der Waals surface area contributed by atoms with Crippen LogP contribution in [0.25, 0.3) is 5.70 Å². The fraction of sp³-hybridized carbons (Fsp3) is 0.312. The van der Waals surface area contributed by atoms with E-state index >= 15 is 0 Å². The molecule has 0 saturated carbocycles. The van der Waals surface area contributed by atoms with Crippen LogP contribution in [0.5, 0.6) is 5.75 Å². The highest BCUT2D eigenvalue weighted by Gasteiger charge is 2.16. The Balaban J connectivity index is 1.90. The topological polar surface area (TPSA) is 112 Å². The molecule has 2 heterocycles. The molecule has 0 fully saturated rings. The van der Waals surface area contributed by atoms with Crippen LogP contribution in [0.15, 0.2) is 86.1 Å². The Morgan fingerprint density at radius 2 is 1.81 bits per heavy atom. The summed E-state index contributed by atoms with van der Waals surface area (Å²) in [5.41, 5.74) is 3.72. The molecule has 0 atom stereocenters. The largest absolute Gasteiger partial charge is 0.495 e. The van der Waals surface area contributed by atoms with E-state index in [0.717, 1.165) is 37.4 Å². The molecule has 11 nitrogen and oxygen atoms in total. The predicted octanol–water partition coefficient (Wildman–Crippen LogP) is 5.37. The monoisotopic (exact) mass is 585 g/mol. The summed E-state index contributed by atoms with van der Waals surface area (Å²) in [6, 6.07) is 7.41. The average Bonchev–Trinajstić information content (AvgIpc) is 3.55. The third-order valence-electron chi connectivity index (χ3n) is 6.75. The smallest absolute Gasteiger partial charge is 0.247 e. The third kappa shape index (κ3) is 9.38. The molecule has 43 heavy (non-hydrogen) atoms. The maximum atomic E-state index is 12.3. The molecule has 0 bridgehead atoms. The van der Waals surface area contributed by atoms with Gasteiger partial charge in [-0.3, -0.25) is 4.79 Å². The number of aromatic nitrogens is 4. The molecule has 0 aliphatic rings. The van der Waals surface area contributed by atoms with Crippen LogP contribution in [0.3, 0.4) is 0 Å². The Hall–Kier alpha value is -4.74. The molecular weight excluding hydrogens is 542 g/mol. The van der Waals surface area contributed by atoms with Crippen molar-refractivity contribution in [2.45, 2.75) is 27.3 Å². The Morgan fingerprint density at radius 3 is 2.44 bits per heavy atom. The molecule has 0 saturated heterocycles. The van der Waals surface area contributed by atoms with Crippen LogP contribution >= 0.6 is 0 Å². The summed E-state index contributed by atoms with van der Waals surface area (Å²) < 4.78 is 7.50. The highest BCUT2D eigenvalue weighted by molar-refractivity contribution is 6.00. The number of benzene rings is 1. The summed E-state index contributed by atoms with van der Waals surface area (Å²) >= 11 is 0. The van der Waals surface area contributed by atoms with Gasteiger partial charge >= 0.3 is 0 Å². The van der Waals surface area contributed by atoms with Crippen molar-refractivity contribution in [1.29, 1.82) is 0 Å². The predicted molar refractivity (Wildman–Crippen MR) is 175 cm³/mol. The maximum absolute atomic E-state index is 12.3. The second-order valence-electron chi connectivity index (χ2n) is 9.66. The molecule has 3 aromatic rings. The van der Waals surface area contributed by atoms with Gasteiger partial charge in [0.15, 0.2) is 0 Å². The molecule has 0 unspecified atom stereocenters. The number of nitrogens with zero attached hydrogens (tertiary/aromatic N) is 6. The molecule has 2 aromatic heterocycles. The van der Waals surface area contributed by atoms with E-state index in [1.165, 1.54) is 12.4 Å². The van der Waals surface area contributed by atoms with Crippen LogP contribution in [0.4, 0.5) is 23.0 Å². The Kier molecular flexibility index (Phi) is 12.7. The second-order valence-corrected chi connectivity index (χ2v) is 9.66.